The fourth-order valence-electron chi connectivity index (χ4n) is 3.50. The first-order valence-electron chi connectivity index (χ1n) is 11.3. The standard InChI is InChI=1S/C22H27NO.C4H9.Li/c1-5-17-7-6-8-18(14-17)10-11-19-13-16(2)9-12-20(19)21-23-22(3,4)15-24-21;1-3-4-2;/h6-9,12-14H,5,10-11,15H2,1-4H3;1,3-4H2,2H3;. The van der Waals surface area contributed by atoms with Crippen LogP contribution in [0, 0.1) is 6.92 Å². The van der Waals surface area contributed by atoms with Gasteiger partial charge in [0.1, 0.15) is 6.61 Å². The second-order valence-corrected chi connectivity index (χ2v) is 8.71. The summed E-state index contributed by atoms with van der Waals surface area (Å²) in [7, 11) is 0. The normalized spacial score (nSPS) is 14.7. The molecule has 1 aliphatic rings. The van der Waals surface area contributed by atoms with E-state index in [1.54, 1.807) is 0 Å². The van der Waals surface area contributed by atoms with Crippen LogP contribution in [-0.4, -0.2) is 35.8 Å². The molecule has 3 heteroatoms. The van der Waals surface area contributed by atoms with Gasteiger partial charge < -0.3 is 4.74 Å². The molecule has 0 atom stereocenters. The number of hydrogen-bond donors (Lipinski definition) is 0. The molecule has 0 unspecified atom stereocenters. The van der Waals surface area contributed by atoms with Crippen LogP contribution in [-0.2, 0) is 24.0 Å². The van der Waals surface area contributed by atoms with Crippen molar-refractivity contribution in [2.75, 3.05) is 6.61 Å². The van der Waals surface area contributed by atoms with Crippen molar-refractivity contribution in [3.05, 3.63) is 70.3 Å². The molecule has 0 fully saturated rings. The number of hydrogen-bond acceptors (Lipinski definition) is 2. The van der Waals surface area contributed by atoms with Crippen LogP contribution in [0.2, 0.25) is 5.09 Å². The molecule has 2 aromatic rings. The number of aryl methyl sites for hydroxylation is 4. The molecule has 0 saturated heterocycles. The molecule has 29 heavy (non-hydrogen) atoms. The van der Waals surface area contributed by atoms with Crippen LogP contribution in [0.5, 0.6) is 0 Å². The number of nitrogens with zero attached hydrogens (tertiary/aromatic N) is 1. The Labute approximate surface area is 187 Å². The van der Waals surface area contributed by atoms with Crippen molar-refractivity contribution in [2.24, 2.45) is 4.99 Å². The zero-order valence-electron chi connectivity index (χ0n) is 19.3. The zero-order valence-corrected chi connectivity index (χ0v) is 19.3. The molecule has 0 spiro atoms. The molecule has 152 valence electrons. The van der Waals surface area contributed by atoms with Crippen molar-refractivity contribution in [1.82, 2.24) is 0 Å². The van der Waals surface area contributed by atoms with E-state index in [0.29, 0.717) is 6.61 Å². The molecule has 2 nitrogen and oxygen atoms in total. The fourth-order valence-corrected chi connectivity index (χ4v) is 3.50. The van der Waals surface area contributed by atoms with E-state index in [2.05, 4.69) is 94.8 Å². The molecule has 0 radical (unpaired) electrons. The Hall–Kier alpha value is -1.49. The van der Waals surface area contributed by atoms with E-state index in [0.717, 1.165) is 30.7 Å². The first kappa shape index (κ1) is 23.8. The van der Waals surface area contributed by atoms with Gasteiger partial charge in [0.15, 0.2) is 0 Å². The first-order chi connectivity index (χ1) is 13.9. The van der Waals surface area contributed by atoms with E-state index < -0.39 is 0 Å². The second kappa shape index (κ2) is 11.6. The average molecular weight is 386 g/mol. The van der Waals surface area contributed by atoms with E-state index in [9.17, 15) is 0 Å². The molecule has 0 aliphatic carbocycles. The van der Waals surface area contributed by atoms with Crippen LogP contribution in [0.15, 0.2) is 47.5 Å². The van der Waals surface area contributed by atoms with Crippen LogP contribution >= 0.6 is 0 Å². The number of unbranched alkanes of at least 4 members (excludes halogenated alkanes) is 1. The first-order valence-corrected chi connectivity index (χ1v) is 11.3. The van der Waals surface area contributed by atoms with Crippen LogP contribution in [0.25, 0.3) is 0 Å². The van der Waals surface area contributed by atoms with Gasteiger partial charge in [-0.25, -0.2) is 4.99 Å². The van der Waals surface area contributed by atoms with E-state index in [4.69, 9.17) is 9.73 Å². The summed E-state index contributed by atoms with van der Waals surface area (Å²) in [6.07, 6.45) is 5.87. The van der Waals surface area contributed by atoms with Gasteiger partial charge in [0.05, 0.1) is 5.54 Å². The minimum absolute atomic E-state index is 0.118. The van der Waals surface area contributed by atoms with Gasteiger partial charge in [0, 0.05) is 5.56 Å². The third-order valence-corrected chi connectivity index (χ3v) is 5.25. The summed E-state index contributed by atoms with van der Waals surface area (Å²) in [6, 6.07) is 15.5. The molecule has 0 saturated carbocycles. The molecule has 0 amide bonds. The van der Waals surface area contributed by atoms with E-state index in [1.807, 2.05) is 0 Å². The Morgan fingerprint density at radius 2 is 1.79 bits per heavy atom. The van der Waals surface area contributed by atoms with Crippen LogP contribution in [0.3, 0.4) is 0 Å². The van der Waals surface area contributed by atoms with Crippen molar-refractivity contribution < 1.29 is 4.74 Å². The maximum absolute atomic E-state index is 5.87. The second-order valence-electron chi connectivity index (χ2n) is 8.71. The Morgan fingerprint density at radius 3 is 2.38 bits per heavy atom. The molecule has 1 heterocycles. The van der Waals surface area contributed by atoms with Gasteiger partial charge in [0.25, 0.3) is 0 Å². The van der Waals surface area contributed by atoms with Crippen molar-refractivity contribution in [1.29, 1.82) is 0 Å². The average Bonchev–Trinajstić information content (AvgIpc) is 3.07. The summed E-state index contributed by atoms with van der Waals surface area (Å²) in [6.45, 7) is 11.5. The quantitative estimate of drug-likeness (QED) is 0.515. The Bertz CT molecular complexity index is 808. The predicted octanol–water partition coefficient (Wildman–Crippen LogP) is 6.27. The van der Waals surface area contributed by atoms with Crippen molar-refractivity contribution >= 4 is 23.6 Å². The summed E-state index contributed by atoms with van der Waals surface area (Å²) >= 11 is 2.21. The summed E-state index contributed by atoms with van der Waals surface area (Å²) in [4.78, 5) is 4.76. The Balaban J connectivity index is 0.000000537. The van der Waals surface area contributed by atoms with Crippen LogP contribution < -0.4 is 0 Å². The van der Waals surface area contributed by atoms with E-state index >= 15 is 0 Å². The van der Waals surface area contributed by atoms with Crippen molar-refractivity contribution in [2.45, 2.75) is 77.4 Å². The summed E-state index contributed by atoms with van der Waals surface area (Å²) in [5.74, 6) is 0.803. The number of rotatable bonds is 7. The molecule has 0 bridgehead atoms. The van der Waals surface area contributed by atoms with E-state index in [-0.39, 0.29) is 5.54 Å². The third-order valence-electron chi connectivity index (χ3n) is 5.25. The Morgan fingerprint density at radius 1 is 1.03 bits per heavy atom. The molecule has 1 aliphatic heterocycles. The maximum atomic E-state index is 5.87. The Kier molecular flexibility index (Phi) is 9.54. The molecule has 0 aromatic heterocycles. The summed E-state index contributed by atoms with van der Waals surface area (Å²) in [5.41, 5.74) is 6.45. The summed E-state index contributed by atoms with van der Waals surface area (Å²) in [5, 5.41) is 1.34. The van der Waals surface area contributed by atoms with Gasteiger partial charge in [-0.3, -0.25) is 0 Å². The SMILES string of the molecule is CCc1cccc(CCc2cc(C)ccc2C2=NC(C)(C)CO2)c1.[Li][CH2]CCC. The number of benzene rings is 2. The van der Waals surface area contributed by atoms with Crippen LogP contribution in [0.1, 0.15) is 68.4 Å². The van der Waals surface area contributed by atoms with E-state index in [1.165, 1.54) is 40.2 Å². The van der Waals surface area contributed by atoms with Gasteiger partial charge in [0.2, 0.25) is 5.90 Å². The molecular formula is C26H36LiNO. The minimum atomic E-state index is -0.118. The topological polar surface area (TPSA) is 21.6 Å². The molecule has 0 N–H and O–H groups in total. The van der Waals surface area contributed by atoms with Crippen LogP contribution in [0.4, 0.5) is 0 Å². The van der Waals surface area contributed by atoms with Gasteiger partial charge >= 0.3 is 42.6 Å². The van der Waals surface area contributed by atoms with Crippen molar-refractivity contribution in [3.8, 4) is 0 Å². The van der Waals surface area contributed by atoms with Gasteiger partial charge in [-0.05, 0) is 62.8 Å². The van der Waals surface area contributed by atoms with Gasteiger partial charge in [-0.1, -0.05) is 48.9 Å². The molecule has 3 rings (SSSR count). The molecule has 2 aromatic carbocycles. The van der Waals surface area contributed by atoms with Crippen molar-refractivity contribution in [3.63, 3.8) is 0 Å². The number of aliphatic imine (C=N–C) groups is 1. The number of ether oxygens (including phenoxy) is 1. The van der Waals surface area contributed by atoms with Gasteiger partial charge in [-0.15, -0.1) is 0 Å². The summed E-state index contributed by atoms with van der Waals surface area (Å²) < 4.78 is 5.87. The zero-order chi connectivity index (χ0) is 21.3. The monoisotopic (exact) mass is 385 g/mol. The molecular weight excluding hydrogens is 349 g/mol. The predicted molar refractivity (Wildman–Crippen MR) is 126 cm³/mol. The third kappa shape index (κ3) is 7.69. The fraction of sp³-hybridized carbons (Fsp3) is 0.500. The van der Waals surface area contributed by atoms with Gasteiger partial charge in [-0.2, -0.15) is 0 Å².